The standard InChI is InChI=1S/C19H22N4OS/c1-2-10-20-16(5-1)15-23-19(21-11-8-17-6-3-13-24-17)22-12-9-18-7-4-14-25-18/h1-7,10,13-14H,8-9,11-12,15H2,(H2,21,22,23). The minimum absolute atomic E-state index is 0.552. The summed E-state index contributed by atoms with van der Waals surface area (Å²) in [6, 6.07) is 14.0. The van der Waals surface area contributed by atoms with Crippen molar-refractivity contribution in [2.24, 2.45) is 4.99 Å². The van der Waals surface area contributed by atoms with E-state index in [-0.39, 0.29) is 0 Å². The third-order valence-corrected chi connectivity index (χ3v) is 4.55. The lowest BCUT2D eigenvalue weighted by molar-refractivity contribution is 0.506. The van der Waals surface area contributed by atoms with E-state index in [0.717, 1.165) is 43.3 Å². The van der Waals surface area contributed by atoms with Crippen LogP contribution in [0.15, 0.2) is 69.7 Å². The summed E-state index contributed by atoms with van der Waals surface area (Å²) in [6.07, 6.45) is 5.30. The van der Waals surface area contributed by atoms with Crippen molar-refractivity contribution in [1.29, 1.82) is 0 Å². The molecule has 2 N–H and O–H groups in total. The van der Waals surface area contributed by atoms with Gasteiger partial charge in [0, 0.05) is 30.6 Å². The SMILES string of the molecule is c1ccc(CN=C(NCCc2ccco2)NCCc2cccs2)nc1. The van der Waals surface area contributed by atoms with Crippen LogP contribution < -0.4 is 10.6 Å². The molecule has 3 aromatic heterocycles. The third kappa shape index (κ3) is 6.08. The van der Waals surface area contributed by atoms with Gasteiger partial charge in [-0.3, -0.25) is 4.98 Å². The van der Waals surface area contributed by atoms with Crippen LogP contribution >= 0.6 is 11.3 Å². The fourth-order valence-corrected chi connectivity index (χ4v) is 3.05. The Morgan fingerprint density at radius 3 is 2.68 bits per heavy atom. The molecule has 6 heteroatoms. The summed E-state index contributed by atoms with van der Waals surface area (Å²) >= 11 is 1.78. The van der Waals surface area contributed by atoms with E-state index in [1.807, 2.05) is 30.3 Å². The van der Waals surface area contributed by atoms with Gasteiger partial charge in [-0.2, -0.15) is 0 Å². The lowest BCUT2D eigenvalue weighted by Crippen LogP contribution is -2.39. The van der Waals surface area contributed by atoms with Gasteiger partial charge in [0.25, 0.3) is 0 Å². The quantitative estimate of drug-likeness (QED) is 0.481. The Hall–Kier alpha value is -2.60. The van der Waals surface area contributed by atoms with Crippen LogP contribution in [0.2, 0.25) is 0 Å². The minimum Gasteiger partial charge on any atom is -0.469 e. The topological polar surface area (TPSA) is 62.5 Å². The van der Waals surface area contributed by atoms with Crippen LogP contribution in [0.1, 0.15) is 16.3 Å². The number of rotatable bonds is 8. The molecule has 0 aromatic carbocycles. The van der Waals surface area contributed by atoms with Crippen LogP contribution in [-0.2, 0) is 19.4 Å². The van der Waals surface area contributed by atoms with Gasteiger partial charge in [-0.25, -0.2) is 4.99 Å². The van der Waals surface area contributed by atoms with Crippen LogP contribution in [0.25, 0.3) is 0 Å². The molecule has 3 heterocycles. The highest BCUT2D eigenvalue weighted by atomic mass is 32.1. The van der Waals surface area contributed by atoms with Gasteiger partial charge in [0.15, 0.2) is 5.96 Å². The van der Waals surface area contributed by atoms with Crippen LogP contribution in [0.5, 0.6) is 0 Å². The molecule has 0 aliphatic rings. The number of hydrogen-bond acceptors (Lipinski definition) is 4. The molecule has 0 amide bonds. The highest BCUT2D eigenvalue weighted by molar-refractivity contribution is 7.09. The van der Waals surface area contributed by atoms with E-state index in [1.165, 1.54) is 4.88 Å². The lowest BCUT2D eigenvalue weighted by Gasteiger charge is -2.12. The Bertz CT molecular complexity index is 697. The van der Waals surface area contributed by atoms with Gasteiger partial charge in [0.05, 0.1) is 18.5 Å². The van der Waals surface area contributed by atoms with Gasteiger partial charge in [0.1, 0.15) is 5.76 Å². The van der Waals surface area contributed by atoms with Crippen LogP contribution in [-0.4, -0.2) is 24.0 Å². The van der Waals surface area contributed by atoms with Gasteiger partial charge in [0.2, 0.25) is 0 Å². The monoisotopic (exact) mass is 354 g/mol. The zero-order valence-electron chi connectivity index (χ0n) is 14.0. The Kier molecular flexibility index (Phi) is 6.64. The van der Waals surface area contributed by atoms with Crippen LogP contribution in [0.4, 0.5) is 0 Å². The predicted molar refractivity (Wildman–Crippen MR) is 102 cm³/mol. The molecule has 0 saturated carbocycles. The van der Waals surface area contributed by atoms with Crippen molar-refractivity contribution in [3.05, 3.63) is 76.6 Å². The molecule has 0 radical (unpaired) electrons. The zero-order valence-corrected chi connectivity index (χ0v) is 14.8. The molecule has 0 spiro atoms. The number of hydrogen-bond donors (Lipinski definition) is 2. The number of pyridine rings is 1. The molecule has 0 unspecified atom stereocenters. The molecule has 0 aliphatic heterocycles. The Balaban J connectivity index is 1.52. The van der Waals surface area contributed by atoms with Gasteiger partial charge < -0.3 is 15.1 Å². The molecule has 5 nitrogen and oxygen atoms in total. The third-order valence-electron chi connectivity index (χ3n) is 3.61. The Morgan fingerprint density at radius 2 is 1.96 bits per heavy atom. The van der Waals surface area contributed by atoms with Gasteiger partial charge in [-0.1, -0.05) is 12.1 Å². The minimum atomic E-state index is 0.552. The average molecular weight is 354 g/mol. The number of nitrogens with one attached hydrogen (secondary N) is 2. The first-order valence-electron chi connectivity index (χ1n) is 8.37. The molecular formula is C19H22N4OS. The van der Waals surface area contributed by atoms with E-state index in [2.05, 4.69) is 38.1 Å². The number of nitrogens with zero attached hydrogens (tertiary/aromatic N) is 2. The van der Waals surface area contributed by atoms with Crippen molar-refractivity contribution in [2.45, 2.75) is 19.4 Å². The number of aromatic nitrogens is 1. The first kappa shape index (κ1) is 17.2. The lowest BCUT2D eigenvalue weighted by atomic mass is 10.3. The second-order valence-corrected chi connectivity index (χ2v) is 6.53. The van der Waals surface area contributed by atoms with Crippen LogP contribution in [0, 0.1) is 0 Å². The largest absolute Gasteiger partial charge is 0.469 e. The average Bonchev–Trinajstić information content (AvgIpc) is 3.34. The maximum absolute atomic E-state index is 5.37. The van der Waals surface area contributed by atoms with Crippen molar-refractivity contribution in [2.75, 3.05) is 13.1 Å². The molecule has 0 bridgehead atoms. The molecule has 3 aromatic rings. The van der Waals surface area contributed by atoms with E-state index >= 15 is 0 Å². The smallest absolute Gasteiger partial charge is 0.191 e. The van der Waals surface area contributed by atoms with Gasteiger partial charge in [-0.05, 0) is 42.1 Å². The van der Waals surface area contributed by atoms with Crippen molar-refractivity contribution < 1.29 is 4.42 Å². The molecule has 0 atom stereocenters. The van der Waals surface area contributed by atoms with E-state index in [1.54, 1.807) is 23.8 Å². The summed E-state index contributed by atoms with van der Waals surface area (Å²) in [5.74, 6) is 1.77. The van der Waals surface area contributed by atoms with Crippen molar-refractivity contribution in [3.63, 3.8) is 0 Å². The molecule has 0 aliphatic carbocycles. The van der Waals surface area contributed by atoms with Crippen molar-refractivity contribution in [3.8, 4) is 0 Å². The van der Waals surface area contributed by atoms with E-state index in [9.17, 15) is 0 Å². The summed E-state index contributed by atoms with van der Waals surface area (Å²) in [4.78, 5) is 10.3. The van der Waals surface area contributed by atoms with E-state index < -0.39 is 0 Å². The van der Waals surface area contributed by atoms with Crippen LogP contribution in [0.3, 0.4) is 0 Å². The number of furan rings is 1. The second kappa shape index (κ2) is 9.64. The Labute approximate surface area is 151 Å². The fourth-order valence-electron chi connectivity index (χ4n) is 2.34. The molecule has 130 valence electrons. The maximum Gasteiger partial charge on any atom is 0.191 e. The first-order valence-corrected chi connectivity index (χ1v) is 9.25. The fraction of sp³-hybridized carbons (Fsp3) is 0.263. The highest BCUT2D eigenvalue weighted by Gasteiger charge is 2.02. The zero-order chi connectivity index (χ0) is 17.2. The summed E-state index contributed by atoms with van der Waals surface area (Å²) in [5.41, 5.74) is 0.952. The first-order chi connectivity index (χ1) is 12.4. The number of guanidine groups is 1. The molecule has 25 heavy (non-hydrogen) atoms. The van der Waals surface area contributed by atoms with Gasteiger partial charge in [-0.15, -0.1) is 11.3 Å². The maximum atomic E-state index is 5.37. The molecule has 0 fully saturated rings. The summed E-state index contributed by atoms with van der Waals surface area (Å²) in [5, 5.41) is 8.86. The molecule has 3 rings (SSSR count). The Morgan fingerprint density at radius 1 is 1.04 bits per heavy atom. The van der Waals surface area contributed by atoms with Crippen molar-refractivity contribution in [1.82, 2.24) is 15.6 Å². The summed E-state index contributed by atoms with van der Waals surface area (Å²) < 4.78 is 5.37. The normalized spacial score (nSPS) is 11.4. The highest BCUT2D eigenvalue weighted by Crippen LogP contribution is 2.08. The predicted octanol–water partition coefficient (Wildman–Crippen LogP) is 3.26. The summed E-state index contributed by atoms with van der Waals surface area (Å²) in [6.45, 7) is 2.16. The summed E-state index contributed by atoms with van der Waals surface area (Å²) in [7, 11) is 0. The van der Waals surface area contributed by atoms with E-state index in [0.29, 0.717) is 6.54 Å². The van der Waals surface area contributed by atoms with E-state index in [4.69, 9.17) is 4.42 Å². The van der Waals surface area contributed by atoms with Crippen molar-refractivity contribution >= 4 is 17.3 Å². The second-order valence-electron chi connectivity index (χ2n) is 5.50. The number of aliphatic imine (C=N–C) groups is 1. The molecule has 0 saturated heterocycles. The number of thiophene rings is 1. The molecular weight excluding hydrogens is 332 g/mol. The van der Waals surface area contributed by atoms with Gasteiger partial charge >= 0.3 is 0 Å².